The largest absolute Gasteiger partial charge is 0.465 e. The molecule has 4 nitrogen and oxygen atoms in total. The van der Waals surface area contributed by atoms with Crippen LogP contribution < -0.4 is 4.90 Å². The molecule has 1 heterocycles. The first kappa shape index (κ1) is 12.5. The molecule has 0 unspecified atom stereocenters. The highest BCUT2D eigenvalue weighted by atomic mass is 16.5. The Morgan fingerprint density at radius 2 is 2.25 bits per heavy atom. The van der Waals surface area contributed by atoms with Crippen molar-refractivity contribution < 1.29 is 9.53 Å². The van der Waals surface area contributed by atoms with E-state index in [1.54, 1.807) is 18.3 Å². The third-order valence-corrected chi connectivity index (χ3v) is 2.20. The standard InChI is InChI=1S/C12H18N2O2/c1-9(2)8-14(3)11-7-10(5-6-13-11)12(15)16-4/h5-7,9H,8H2,1-4H3. The van der Waals surface area contributed by atoms with Gasteiger partial charge in [-0.15, -0.1) is 0 Å². The third-order valence-electron chi connectivity index (χ3n) is 2.20. The highest BCUT2D eigenvalue weighted by molar-refractivity contribution is 5.90. The Morgan fingerprint density at radius 3 is 2.81 bits per heavy atom. The van der Waals surface area contributed by atoms with Crippen molar-refractivity contribution in [1.29, 1.82) is 0 Å². The van der Waals surface area contributed by atoms with E-state index < -0.39 is 0 Å². The topological polar surface area (TPSA) is 42.4 Å². The maximum Gasteiger partial charge on any atom is 0.338 e. The molecule has 0 radical (unpaired) electrons. The molecule has 0 spiro atoms. The summed E-state index contributed by atoms with van der Waals surface area (Å²) in [5.74, 6) is 1.01. The number of hydrogen-bond donors (Lipinski definition) is 0. The van der Waals surface area contributed by atoms with Gasteiger partial charge in [-0.05, 0) is 18.1 Å². The average Bonchev–Trinajstić information content (AvgIpc) is 2.27. The van der Waals surface area contributed by atoms with Crippen LogP contribution in [0.2, 0.25) is 0 Å². The van der Waals surface area contributed by atoms with Crippen LogP contribution in [-0.4, -0.2) is 31.7 Å². The van der Waals surface area contributed by atoms with Crippen LogP contribution in [0.5, 0.6) is 0 Å². The van der Waals surface area contributed by atoms with Gasteiger partial charge >= 0.3 is 5.97 Å². The van der Waals surface area contributed by atoms with Crippen LogP contribution in [0, 0.1) is 5.92 Å². The van der Waals surface area contributed by atoms with Crippen LogP contribution in [0.1, 0.15) is 24.2 Å². The molecule has 0 aliphatic rings. The van der Waals surface area contributed by atoms with E-state index in [2.05, 4.69) is 23.6 Å². The summed E-state index contributed by atoms with van der Waals surface area (Å²) in [6, 6.07) is 3.40. The van der Waals surface area contributed by atoms with Crippen molar-refractivity contribution in [3.05, 3.63) is 23.9 Å². The Balaban J connectivity index is 2.85. The minimum Gasteiger partial charge on any atom is -0.465 e. The average molecular weight is 222 g/mol. The number of nitrogens with zero attached hydrogens (tertiary/aromatic N) is 2. The van der Waals surface area contributed by atoms with Crippen LogP contribution in [0.25, 0.3) is 0 Å². The van der Waals surface area contributed by atoms with Gasteiger partial charge in [0.2, 0.25) is 0 Å². The Morgan fingerprint density at radius 1 is 1.56 bits per heavy atom. The zero-order chi connectivity index (χ0) is 12.1. The molecule has 0 saturated carbocycles. The van der Waals surface area contributed by atoms with Crippen LogP contribution in [0.3, 0.4) is 0 Å². The molecule has 0 N–H and O–H groups in total. The van der Waals surface area contributed by atoms with E-state index in [1.807, 2.05) is 11.9 Å². The molecule has 0 atom stereocenters. The number of ether oxygens (including phenoxy) is 1. The molecule has 0 aliphatic carbocycles. The first-order valence-electron chi connectivity index (χ1n) is 5.30. The van der Waals surface area contributed by atoms with Crippen LogP contribution in [0.4, 0.5) is 5.82 Å². The number of rotatable bonds is 4. The van der Waals surface area contributed by atoms with Gasteiger partial charge in [0.25, 0.3) is 0 Å². The Hall–Kier alpha value is -1.58. The Labute approximate surface area is 96.2 Å². The number of carbonyl (C=O) groups is 1. The van der Waals surface area contributed by atoms with Gasteiger partial charge in [-0.3, -0.25) is 0 Å². The minimum atomic E-state index is -0.332. The van der Waals surface area contributed by atoms with Crippen molar-refractivity contribution in [2.45, 2.75) is 13.8 Å². The number of aromatic nitrogens is 1. The van der Waals surface area contributed by atoms with E-state index >= 15 is 0 Å². The highest BCUT2D eigenvalue weighted by Gasteiger charge is 2.09. The van der Waals surface area contributed by atoms with Gasteiger partial charge in [-0.2, -0.15) is 0 Å². The van der Waals surface area contributed by atoms with Gasteiger partial charge in [0.05, 0.1) is 12.7 Å². The summed E-state index contributed by atoms with van der Waals surface area (Å²) in [5, 5.41) is 0. The van der Waals surface area contributed by atoms with E-state index in [0.29, 0.717) is 11.5 Å². The highest BCUT2D eigenvalue weighted by Crippen LogP contribution is 2.13. The number of anilines is 1. The van der Waals surface area contributed by atoms with Gasteiger partial charge in [0, 0.05) is 19.8 Å². The second-order valence-electron chi connectivity index (χ2n) is 4.17. The van der Waals surface area contributed by atoms with Crippen molar-refractivity contribution in [3.63, 3.8) is 0 Å². The summed E-state index contributed by atoms with van der Waals surface area (Å²) in [4.78, 5) is 17.6. The fourth-order valence-corrected chi connectivity index (χ4v) is 1.51. The molecule has 1 aromatic rings. The lowest BCUT2D eigenvalue weighted by atomic mass is 10.2. The first-order chi connectivity index (χ1) is 7.54. The number of esters is 1. The maximum atomic E-state index is 11.3. The van der Waals surface area contributed by atoms with Gasteiger partial charge in [0.1, 0.15) is 5.82 Å². The van der Waals surface area contributed by atoms with Crippen molar-refractivity contribution in [2.24, 2.45) is 5.92 Å². The van der Waals surface area contributed by atoms with Crippen LogP contribution in [0.15, 0.2) is 18.3 Å². The van der Waals surface area contributed by atoms with Crippen LogP contribution >= 0.6 is 0 Å². The van der Waals surface area contributed by atoms with Crippen molar-refractivity contribution in [1.82, 2.24) is 4.98 Å². The molecule has 0 aromatic carbocycles. The lowest BCUT2D eigenvalue weighted by molar-refractivity contribution is 0.0600. The SMILES string of the molecule is COC(=O)c1ccnc(N(C)CC(C)C)c1. The fourth-order valence-electron chi connectivity index (χ4n) is 1.51. The zero-order valence-corrected chi connectivity index (χ0v) is 10.2. The van der Waals surface area contributed by atoms with Gasteiger partial charge in [-0.25, -0.2) is 9.78 Å². The predicted molar refractivity (Wildman–Crippen MR) is 63.7 cm³/mol. The summed E-state index contributed by atoms with van der Waals surface area (Å²) in [7, 11) is 3.34. The molecule has 4 heteroatoms. The summed E-state index contributed by atoms with van der Waals surface area (Å²) in [6.45, 7) is 5.18. The fraction of sp³-hybridized carbons (Fsp3) is 0.500. The molecule has 1 rings (SSSR count). The van der Waals surface area contributed by atoms with E-state index in [9.17, 15) is 4.79 Å². The number of methoxy groups -OCH3 is 1. The second-order valence-corrected chi connectivity index (χ2v) is 4.17. The lowest BCUT2D eigenvalue weighted by Crippen LogP contribution is -2.23. The van der Waals surface area contributed by atoms with Crippen molar-refractivity contribution >= 4 is 11.8 Å². The quantitative estimate of drug-likeness (QED) is 0.730. The van der Waals surface area contributed by atoms with Gasteiger partial charge in [0.15, 0.2) is 0 Å². The van der Waals surface area contributed by atoms with Crippen molar-refractivity contribution in [3.8, 4) is 0 Å². The first-order valence-corrected chi connectivity index (χ1v) is 5.30. The van der Waals surface area contributed by atoms with E-state index in [-0.39, 0.29) is 5.97 Å². The van der Waals surface area contributed by atoms with E-state index in [0.717, 1.165) is 12.4 Å². The van der Waals surface area contributed by atoms with Crippen LogP contribution in [-0.2, 0) is 4.74 Å². The Kier molecular flexibility index (Phi) is 4.28. The number of carbonyl (C=O) groups excluding carboxylic acids is 1. The molecular weight excluding hydrogens is 204 g/mol. The second kappa shape index (κ2) is 5.49. The van der Waals surface area contributed by atoms with Gasteiger partial charge < -0.3 is 9.64 Å². The monoisotopic (exact) mass is 222 g/mol. The van der Waals surface area contributed by atoms with Gasteiger partial charge in [-0.1, -0.05) is 13.8 Å². The normalized spacial score (nSPS) is 10.3. The molecule has 0 fully saturated rings. The van der Waals surface area contributed by atoms with Crippen molar-refractivity contribution in [2.75, 3.05) is 25.6 Å². The number of hydrogen-bond acceptors (Lipinski definition) is 4. The summed E-state index contributed by atoms with van der Waals surface area (Å²) in [6.07, 6.45) is 1.62. The van der Waals surface area contributed by atoms with E-state index in [1.165, 1.54) is 7.11 Å². The summed E-state index contributed by atoms with van der Waals surface area (Å²) < 4.78 is 4.67. The zero-order valence-electron chi connectivity index (χ0n) is 10.2. The maximum absolute atomic E-state index is 11.3. The van der Waals surface area contributed by atoms with E-state index in [4.69, 9.17) is 0 Å². The summed E-state index contributed by atoms with van der Waals surface area (Å²) in [5.41, 5.74) is 0.531. The third kappa shape index (κ3) is 3.22. The predicted octanol–water partition coefficient (Wildman–Crippen LogP) is 1.96. The molecule has 0 amide bonds. The summed E-state index contributed by atoms with van der Waals surface area (Å²) >= 11 is 0. The molecule has 0 bridgehead atoms. The molecule has 0 aliphatic heterocycles. The Bertz CT molecular complexity index is 364. The molecule has 88 valence electrons. The minimum absolute atomic E-state index is 0.332. The smallest absolute Gasteiger partial charge is 0.338 e. The molecule has 0 saturated heterocycles. The molecule has 1 aromatic heterocycles. The lowest BCUT2D eigenvalue weighted by Gasteiger charge is -2.20. The molecule has 16 heavy (non-hydrogen) atoms. The number of pyridine rings is 1. The molecular formula is C12H18N2O2.